The van der Waals surface area contributed by atoms with Gasteiger partial charge in [0.1, 0.15) is 62.4 Å². The zero-order valence-electron chi connectivity index (χ0n) is 80.0. The van der Waals surface area contributed by atoms with E-state index in [1.165, 1.54) is 58.1 Å². The van der Waals surface area contributed by atoms with Crippen molar-refractivity contribution in [2.75, 3.05) is 167 Å². The number of rotatable bonds is 38. The minimum atomic E-state index is -3.08. The van der Waals surface area contributed by atoms with Gasteiger partial charge in [0.05, 0.1) is 197 Å². The lowest BCUT2D eigenvalue weighted by atomic mass is 10.1. The molecule has 8 aromatic heterocycles. The number of hydrogen-bond acceptors (Lipinski definition) is 32. The predicted molar refractivity (Wildman–Crippen MR) is 540 cm³/mol. The topological polar surface area (TPSA) is 386 Å². The molecule has 2 fully saturated rings. The van der Waals surface area contributed by atoms with Crippen LogP contribution >= 0.6 is 0 Å². The smallest absolute Gasteiger partial charge is 0.149 e. The van der Waals surface area contributed by atoms with E-state index in [0.717, 1.165) is 174 Å². The molecule has 0 atom stereocenters. The maximum Gasteiger partial charge on any atom is 0.149 e. The average molecular weight is 1910 g/mol. The highest BCUT2D eigenvalue weighted by Crippen LogP contribution is 2.41. The molecule has 0 spiro atoms. The normalized spacial score (nSPS) is 12.7. The van der Waals surface area contributed by atoms with E-state index >= 15 is 0 Å². The first-order valence-electron chi connectivity index (χ1n) is 45.9. The summed E-state index contributed by atoms with van der Waals surface area (Å²) in [6.45, 7) is 11.8. The zero-order chi connectivity index (χ0) is 97.3. The molecule has 37 heteroatoms. The van der Waals surface area contributed by atoms with E-state index in [4.69, 9.17) is 57.8 Å². The summed E-state index contributed by atoms with van der Waals surface area (Å²) in [4.78, 5) is 51.4. The van der Waals surface area contributed by atoms with Crippen molar-refractivity contribution in [2.45, 2.75) is 58.4 Å². The van der Waals surface area contributed by atoms with Crippen molar-refractivity contribution in [3.63, 3.8) is 0 Å². The van der Waals surface area contributed by atoms with Crippen LogP contribution < -0.4 is 57.5 Å². The van der Waals surface area contributed by atoms with Gasteiger partial charge in [-0.25, -0.2) is 28.4 Å². The fourth-order valence-corrected chi connectivity index (χ4v) is 17.0. The fourth-order valence-electron chi connectivity index (χ4n) is 16.5. The number of sulfone groups is 1. The van der Waals surface area contributed by atoms with Gasteiger partial charge in [0.2, 0.25) is 0 Å². The third-order valence-electron chi connectivity index (χ3n) is 23.7. The summed E-state index contributed by atoms with van der Waals surface area (Å²) >= 11 is 0. The Hall–Kier alpha value is -15.2. The molecule has 0 bridgehead atoms. The monoisotopic (exact) mass is 1900 g/mol. The van der Waals surface area contributed by atoms with E-state index in [1.54, 1.807) is 133 Å². The second-order valence-electron chi connectivity index (χ2n) is 33.5. The largest absolute Gasteiger partial charge is 0.497 e. The Labute approximate surface area is 807 Å². The fraction of sp³-hybridized carbons (Fsp3) is 0.324. The number of nitrogens with zero attached hydrogens (tertiary/aromatic N) is 22. The standard InChI is InChI=1S/C28H34N6O3.C26H30N6O2.C25H29N5O5S.C23H24N6O3/c1-32-20-21(18-30-32)28-19-29-26-7-6-22(16-27(26)31-28)34(11-5-10-33-8-3-4-9-33)23-14-24(36-2)17-25(15-23)37-13-12-35;1-33-22-12-21(13-23(15-22)34-2)32(11-5-10-31-8-3-4-9-31)20-6-7-24-25(14-20)30-26(18-27-24)19-16-28-29-17-19;1-34-21-11-20(12-22(14-21)35-2)30(7-4-9-31)19-5-6-23-24(13-19)28-25(16-26-23)18-15-27-29(17-18)8-10-36(3,32)33;1-15(27-30)13-29(18-7-19(31-3)10-20(8-18)32-4)17-5-6-21-22(9-17)26-23(12-24-21)16-11-25-28(2)14-16/h6-7,14-20,35H,3-5,8-13H2,1-2H3;6-7,12-18H,3-5,8-11H2,1-2H3,(H,28,29);5-6,11-17,31H,4,7-10H2,1-3H3;5-12,14,30H,13H2,1-4H3/b;;;27-15-. The summed E-state index contributed by atoms with van der Waals surface area (Å²) in [5, 5.41) is 51.0. The number of oxime groups is 1. The molecule has 139 heavy (non-hydrogen) atoms. The Morgan fingerprint density at radius 3 is 1.08 bits per heavy atom. The zero-order valence-corrected chi connectivity index (χ0v) is 80.8. The Kier molecular flexibility index (Phi) is 33.3. The number of aliphatic hydroxyl groups excluding tert-OH is 2. The quantitative estimate of drug-likeness (QED) is 0.0159. The maximum atomic E-state index is 11.5. The molecule has 0 amide bonds. The summed E-state index contributed by atoms with van der Waals surface area (Å²) in [6.07, 6.45) is 30.4. The molecule has 8 aromatic carbocycles. The minimum Gasteiger partial charge on any atom is -0.497 e. The van der Waals surface area contributed by atoms with Crippen LogP contribution in [0.1, 0.15) is 51.9 Å². The number of aryl methyl sites for hydroxylation is 3. The van der Waals surface area contributed by atoms with Gasteiger partial charge < -0.3 is 82.7 Å². The minimum absolute atomic E-state index is 0.0135. The molecule has 4 N–H and O–H groups in total. The lowest BCUT2D eigenvalue weighted by Gasteiger charge is -2.27. The van der Waals surface area contributed by atoms with Crippen LogP contribution in [0.5, 0.6) is 46.0 Å². The number of aromatic amines is 1. The van der Waals surface area contributed by atoms with Crippen molar-refractivity contribution >= 4 is 105 Å². The number of ether oxygens (including phenoxy) is 8. The van der Waals surface area contributed by atoms with Crippen LogP contribution in [-0.4, -0.2) is 266 Å². The van der Waals surface area contributed by atoms with Crippen LogP contribution in [-0.2, 0) is 30.5 Å². The van der Waals surface area contributed by atoms with E-state index < -0.39 is 9.84 Å². The molecule has 2 aliphatic rings. The number of anilines is 8. The van der Waals surface area contributed by atoms with Crippen LogP contribution in [0.15, 0.2) is 225 Å². The third-order valence-corrected chi connectivity index (χ3v) is 24.6. The van der Waals surface area contributed by atoms with Gasteiger partial charge in [0.15, 0.2) is 0 Å². The summed E-state index contributed by atoms with van der Waals surface area (Å²) < 4.78 is 72.2. The van der Waals surface area contributed by atoms with Gasteiger partial charge in [-0.3, -0.25) is 39.1 Å². The molecule has 36 nitrogen and oxygen atoms in total. The summed E-state index contributed by atoms with van der Waals surface area (Å²) in [7, 11) is 12.1. The van der Waals surface area contributed by atoms with E-state index in [1.807, 2.05) is 141 Å². The number of hydrogen-bond donors (Lipinski definition) is 4. The summed E-state index contributed by atoms with van der Waals surface area (Å²) in [5.74, 6) is 5.54. The van der Waals surface area contributed by atoms with Gasteiger partial charge >= 0.3 is 0 Å². The molecule has 0 radical (unpaired) electrons. The molecular formula is C102H117N23O13S. The molecular weight excluding hydrogens is 1790 g/mol. The molecule has 10 heterocycles. The second-order valence-corrected chi connectivity index (χ2v) is 35.8. The Morgan fingerprint density at radius 2 is 0.741 bits per heavy atom. The van der Waals surface area contributed by atoms with Gasteiger partial charge in [-0.05, 0) is 164 Å². The molecule has 724 valence electrons. The van der Waals surface area contributed by atoms with Gasteiger partial charge in [-0.15, -0.1) is 0 Å². The first kappa shape index (κ1) is 98.3. The number of aromatic nitrogens is 16. The molecule has 0 unspecified atom stereocenters. The van der Waals surface area contributed by atoms with Crippen molar-refractivity contribution in [3.05, 3.63) is 220 Å². The molecule has 2 aliphatic heterocycles. The van der Waals surface area contributed by atoms with Crippen LogP contribution in [0.25, 0.3) is 89.2 Å². The Balaban J connectivity index is 0.000000141. The van der Waals surface area contributed by atoms with Gasteiger partial charge in [0.25, 0.3) is 0 Å². The lowest BCUT2D eigenvalue weighted by molar-refractivity contribution is 0.201. The molecule has 18 rings (SSSR count). The van der Waals surface area contributed by atoms with E-state index in [9.17, 15) is 23.8 Å². The van der Waals surface area contributed by atoms with E-state index in [0.29, 0.717) is 70.9 Å². The molecule has 2 saturated heterocycles. The van der Waals surface area contributed by atoms with Gasteiger partial charge in [-0.1, -0.05) is 5.16 Å². The molecule has 16 aromatic rings. The number of likely N-dealkylation sites (tertiary alicyclic amines) is 2. The third kappa shape index (κ3) is 26.0. The maximum absolute atomic E-state index is 11.5. The van der Waals surface area contributed by atoms with Crippen LogP contribution in [0.4, 0.5) is 45.5 Å². The summed E-state index contributed by atoms with van der Waals surface area (Å²) in [5.41, 5.74) is 20.8. The Bertz CT molecular complexity index is 6890. The van der Waals surface area contributed by atoms with Crippen molar-refractivity contribution in [1.29, 1.82) is 0 Å². The van der Waals surface area contributed by atoms with Crippen LogP contribution in [0.2, 0.25) is 0 Å². The number of fused-ring (bicyclic) bond motifs is 4. The number of methoxy groups -OCH3 is 7. The highest BCUT2D eigenvalue weighted by Gasteiger charge is 2.24. The van der Waals surface area contributed by atoms with Crippen LogP contribution in [0, 0.1) is 0 Å². The van der Waals surface area contributed by atoms with Crippen molar-refractivity contribution in [1.82, 2.24) is 89.2 Å². The molecule has 0 aliphatic carbocycles. The first-order chi connectivity index (χ1) is 67.6. The molecule has 0 saturated carbocycles. The number of benzene rings is 8. The average Bonchev–Trinajstić information content (AvgIpc) is 1.76. The van der Waals surface area contributed by atoms with Crippen molar-refractivity contribution in [2.24, 2.45) is 19.3 Å². The van der Waals surface area contributed by atoms with Crippen molar-refractivity contribution < 1.29 is 61.7 Å². The van der Waals surface area contributed by atoms with Gasteiger partial charge in [-0.2, -0.15) is 20.4 Å². The second kappa shape index (κ2) is 47.1. The summed E-state index contributed by atoms with van der Waals surface area (Å²) in [6, 6.07) is 47.2. The highest BCUT2D eigenvalue weighted by molar-refractivity contribution is 7.90. The van der Waals surface area contributed by atoms with E-state index in [2.05, 4.69) is 111 Å². The first-order valence-corrected chi connectivity index (χ1v) is 47.9. The lowest BCUT2D eigenvalue weighted by Crippen LogP contribution is -2.26. The van der Waals surface area contributed by atoms with Gasteiger partial charge in [0, 0.05) is 212 Å². The predicted octanol–water partition coefficient (Wildman–Crippen LogP) is 15.8. The number of aliphatic hydroxyl groups is 2. The SMILES string of the molecule is COc1cc(OC)cc(N(C/C(C)=N\O)c2ccc3ncc(-c4cnn(C)c4)nc3c2)c1.COc1cc(OC)cc(N(CCCN2CCCC2)c2ccc3ncc(-c4cn[nH]c4)nc3c2)c1.COc1cc(OC)cc(N(CCCO)c2ccc3ncc(-c4cnn(CCS(C)(=O)=O)c4)nc3c2)c1.COc1cc(OCCO)cc(N(CCCN2CCCC2)c2ccc3ncc(-c4cnn(C)c4)nc3c2)c1. The van der Waals surface area contributed by atoms with Crippen molar-refractivity contribution in [3.8, 4) is 91.0 Å². The number of nitrogens with one attached hydrogen (secondary N) is 1. The highest BCUT2D eigenvalue weighted by atomic mass is 32.2. The van der Waals surface area contributed by atoms with E-state index in [-0.39, 0.29) is 32.1 Å². The van der Waals surface area contributed by atoms with Crippen LogP contribution in [0.3, 0.4) is 0 Å². The number of H-pyrrole nitrogens is 1. The Morgan fingerprint density at radius 1 is 0.396 bits per heavy atom.